The van der Waals surface area contributed by atoms with Gasteiger partial charge in [0.15, 0.2) is 0 Å². The first-order chi connectivity index (χ1) is 18.7. The summed E-state index contributed by atoms with van der Waals surface area (Å²) in [6.07, 6.45) is 1.81. The number of nitrogens with zero attached hydrogens (tertiary/aromatic N) is 4. The molecule has 0 aliphatic carbocycles. The molecule has 1 atom stereocenters. The van der Waals surface area contributed by atoms with Crippen LogP contribution in [0.2, 0.25) is 0 Å². The van der Waals surface area contributed by atoms with Crippen molar-refractivity contribution in [3.05, 3.63) is 110 Å². The fourth-order valence-corrected chi connectivity index (χ4v) is 6.20. The minimum atomic E-state index is -0.740. The van der Waals surface area contributed by atoms with Gasteiger partial charge in [0, 0.05) is 30.8 Å². The number of imide groups is 1. The molecule has 0 radical (unpaired) electrons. The Kier molecular flexibility index (Phi) is 6.29. The summed E-state index contributed by atoms with van der Waals surface area (Å²) in [4.78, 5) is 42.6. The average Bonchev–Trinajstić information content (AvgIpc) is 3.50. The lowest BCUT2D eigenvalue weighted by atomic mass is 10.0. The first kappa shape index (κ1) is 25.4. The number of carbonyl (C=O) groups excluding carboxylic acids is 3. The third kappa shape index (κ3) is 4.42. The lowest BCUT2D eigenvalue weighted by Crippen LogP contribution is -2.47. The molecule has 2 aliphatic rings. The Hall–Kier alpha value is -3.93. The van der Waals surface area contributed by atoms with Crippen molar-refractivity contribution in [2.45, 2.75) is 19.0 Å². The highest BCUT2D eigenvalue weighted by molar-refractivity contribution is 14.1. The lowest BCUT2D eigenvalue weighted by molar-refractivity contribution is 0.0527. The van der Waals surface area contributed by atoms with Crippen LogP contribution in [0, 0.1) is 15.2 Å². The maximum Gasteiger partial charge on any atom is 0.261 e. The minimum absolute atomic E-state index is 0.0499. The zero-order valence-electron chi connectivity index (χ0n) is 20.7. The van der Waals surface area contributed by atoms with E-state index in [9.17, 15) is 23.2 Å². The van der Waals surface area contributed by atoms with Crippen molar-refractivity contribution in [1.29, 1.82) is 0 Å². The second-order valence-corrected chi connectivity index (χ2v) is 10.8. The minimum Gasteiger partial charge on any atom is -0.329 e. The Morgan fingerprint density at radius 2 is 1.56 bits per heavy atom. The molecule has 39 heavy (non-hydrogen) atoms. The van der Waals surface area contributed by atoms with E-state index in [0.29, 0.717) is 22.3 Å². The van der Waals surface area contributed by atoms with E-state index in [1.807, 2.05) is 19.2 Å². The van der Waals surface area contributed by atoms with Crippen molar-refractivity contribution in [3.8, 4) is 11.3 Å². The average molecular weight is 638 g/mol. The Morgan fingerprint density at radius 3 is 2.18 bits per heavy atom. The molecule has 4 aromatic rings. The molecule has 0 bridgehead atoms. The quantitative estimate of drug-likeness (QED) is 0.224. The van der Waals surface area contributed by atoms with E-state index in [2.05, 4.69) is 27.7 Å². The molecule has 0 spiro atoms. The van der Waals surface area contributed by atoms with Crippen LogP contribution in [-0.4, -0.2) is 49.9 Å². The smallest absolute Gasteiger partial charge is 0.261 e. The SMILES string of the molecule is Cn1ncc(I)c1-c1ccc2c(c1)CN([C@H](Cc1cc(F)cc(F)c1)CN1C(=O)c3ccccc3C1=O)C2=O. The van der Waals surface area contributed by atoms with Gasteiger partial charge in [0.05, 0.1) is 39.2 Å². The third-order valence-electron chi connectivity index (χ3n) is 7.21. The summed E-state index contributed by atoms with van der Waals surface area (Å²) in [5.41, 5.74) is 4.03. The highest BCUT2D eigenvalue weighted by atomic mass is 127. The Labute approximate surface area is 236 Å². The number of aromatic nitrogens is 2. The van der Waals surface area contributed by atoms with E-state index in [4.69, 9.17) is 0 Å². The number of hydrogen-bond acceptors (Lipinski definition) is 4. The van der Waals surface area contributed by atoms with Gasteiger partial charge in [0.25, 0.3) is 17.7 Å². The molecular weight excluding hydrogens is 617 g/mol. The summed E-state index contributed by atoms with van der Waals surface area (Å²) in [7, 11) is 1.85. The Bertz CT molecular complexity index is 1610. The first-order valence-electron chi connectivity index (χ1n) is 12.2. The van der Waals surface area contributed by atoms with E-state index in [1.165, 1.54) is 12.1 Å². The molecule has 3 aromatic carbocycles. The number of halogens is 3. The monoisotopic (exact) mass is 638 g/mol. The molecule has 196 valence electrons. The fourth-order valence-electron chi connectivity index (χ4n) is 5.41. The summed E-state index contributed by atoms with van der Waals surface area (Å²) in [5.74, 6) is -2.66. The van der Waals surface area contributed by atoms with Crippen molar-refractivity contribution >= 4 is 40.3 Å². The summed E-state index contributed by atoms with van der Waals surface area (Å²) >= 11 is 2.21. The molecule has 0 saturated heterocycles. The molecule has 7 nitrogen and oxygen atoms in total. The second-order valence-electron chi connectivity index (χ2n) is 9.67. The Morgan fingerprint density at radius 1 is 0.897 bits per heavy atom. The summed E-state index contributed by atoms with van der Waals surface area (Å²) < 4.78 is 30.8. The summed E-state index contributed by atoms with van der Waals surface area (Å²) in [5, 5.41) is 4.30. The van der Waals surface area contributed by atoms with Crippen LogP contribution >= 0.6 is 22.6 Å². The zero-order chi connectivity index (χ0) is 27.4. The van der Waals surface area contributed by atoms with Crippen LogP contribution in [0.15, 0.2) is 66.9 Å². The van der Waals surface area contributed by atoms with Crippen LogP contribution in [0.4, 0.5) is 8.78 Å². The zero-order valence-corrected chi connectivity index (χ0v) is 22.9. The molecule has 2 aliphatic heterocycles. The predicted octanol–water partition coefficient (Wildman–Crippen LogP) is 4.83. The Balaban J connectivity index is 1.35. The molecular formula is C29H21F2IN4O3. The molecule has 0 unspecified atom stereocenters. The van der Waals surface area contributed by atoms with Gasteiger partial charge in [0.2, 0.25) is 0 Å². The standard InChI is InChI=1S/C29H21F2IN4O3/c1-34-26(25(32)13-33-34)17-6-7-22-18(11-17)14-35(27(22)37)21(10-16-8-19(30)12-20(31)9-16)15-36-28(38)23-4-2-3-5-24(23)29(36)39/h2-9,11-13,21H,10,14-15H2,1H3/t21-/m1/s1. The van der Waals surface area contributed by atoms with Gasteiger partial charge in [-0.1, -0.05) is 18.2 Å². The molecule has 0 saturated carbocycles. The normalized spacial score (nSPS) is 15.2. The number of fused-ring (bicyclic) bond motifs is 2. The summed E-state index contributed by atoms with van der Waals surface area (Å²) in [6.45, 7) is 0.110. The van der Waals surface area contributed by atoms with Gasteiger partial charge >= 0.3 is 0 Å². The van der Waals surface area contributed by atoms with E-state index in [0.717, 1.165) is 31.4 Å². The van der Waals surface area contributed by atoms with Crippen molar-refractivity contribution in [3.63, 3.8) is 0 Å². The molecule has 3 amide bonds. The van der Waals surface area contributed by atoms with Crippen molar-refractivity contribution < 1.29 is 23.2 Å². The largest absolute Gasteiger partial charge is 0.329 e. The fraction of sp³-hybridized carbons (Fsp3) is 0.172. The molecule has 0 fully saturated rings. The number of rotatable bonds is 6. The maximum atomic E-state index is 14.1. The van der Waals surface area contributed by atoms with E-state index < -0.39 is 29.5 Å². The van der Waals surface area contributed by atoms with E-state index >= 15 is 0 Å². The molecule has 3 heterocycles. The topological polar surface area (TPSA) is 75.5 Å². The van der Waals surface area contributed by atoms with Crippen LogP contribution in [0.1, 0.15) is 42.2 Å². The predicted molar refractivity (Wildman–Crippen MR) is 147 cm³/mol. The van der Waals surface area contributed by atoms with Gasteiger partial charge in [0.1, 0.15) is 11.6 Å². The van der Waals surface area contributed by atoms with Gasteiger partial charge in [-0.15, -0.1) is 0 Å². The first-order valence-corrected chi connectivity index (χ1v) is 13.3. The number of carbonyl (C=O) groups is 3. The number of benzene rings is 3. The van der Waals surface area contributed by atoms with Crippen molar-refractivity contribution in [2.24, 2.45) is 7.05 Å². The van der Waals surface area contributed by atoms with Gasteiger partial charge in [-0.05, 0) is 76.5 Å². The highest BCUT2D eigenvalue weighted by Crippen LogP contribution is 2.33. The van der Waals surface area contributed by atoms with Crippen molar-refractivity contribution in [1.82, 2.24) is 19.6 Å². The van der Waals surface area contributed by atoms with Crippen molar-refractivity contribution in [2.75, 3.05) is 6.54 Å². The highest BCUT2D eigenvalue weighted by Gasteiger charge is 2.40. The van der Waals surface area contributed by atoms with Crippen LogP contribution in [0.3, 0.4) is 0 Å². The molecule has 1 aromatic heterocycles. The van der Waals surface area contributed by atoms with E-state index in [1.54, 1.807) is 46.1 Å². The van der Waals surface area contributed by atoms with Crippen LogP contribution in [0.25, 0.3) is 11.3 Å². The van der Waals surface area contributed by atoms with Gasteiger partial charge < -0.3 is 4.90 Å². The second kappa shape index (κ2) is 9.67. The van der Waals surface area contributed by atoms with Crippen LogP contribution in [-0.2, 0) is 20.0 Å². The van der Waals surface area contributed by atoms with Crippen LogP contribution < -0.4 is 0 Å². The maximum absolute atomic E-state index is 14.1. The lowest BCUT2D eigenvalue weighted by Gasteiger charge is -2.31. The number of amides is 3. The van der Waals surface area contributed by atoms with Gasteiger partial charge in [-0.25, -0.2) is 8.78 Å². The van der Waals surface area contributed by atoms with Crippen LogP contribution in [0.5, 0.6) is 0 Å². The molecule has 6 rings (SSSR count). The van der Waals surface area contributed by atoms with Gasteiger partial charge in [-0.3, -0.25) is 24.0 Å². The number of hydrogen-bond donors (Lipinski definition) is 0. The van der Waals surface area contributed by atoms with E-state index in [-0.39, 0.29) is 25.4 Å². The molecule has 10 heteroatoms. The summed E-state index contributed by atoms with van der Waals surface area (Å²) in [6, 6.07) is 14.6. The van der Waals surface area contributed by atoms with Gasteiger partial charge in [-0.2, -0.15) is 5.10 Å². The molecule has 0 N–H and O–H groups in total. The third-order valence-corrected chi connectivity index (χ3v) is 8.00. The number of aryl methyl sites for hydroxylation is 1.